The van der Waals surface area contributed by atoms with E-state index >= 15 is 0 Å². The minimum atomic E-state index is 0.933. The van der Waals surface area contributed by atoms with E-state index in [4.69, 9.17) is 0 Å². The van der Waals surface area contributed by atoms with Crippen molar-refractivity contribution in [3.05, 3.63) is 12.2 Å². The Kier molecular flexibility index (Phi) is 5.98. The first-order valence-electron chi connectivity index (χ1n) is 6.45. The van der Waals surface area contributed by atoms with Crippen LogP contribution in [-0.2, 0) is 0 Å². The molecular weight excluding hydrogens is 168 g/mol. The van der Waals surface area contributed by atoms with Crippen molar-refractivity contribution >= 4 is 0 Å². The average Bonchev–Trinajstić information content (AvgIpc) is 2.18. The van der Waals surface area contributed by atoms with Gasteiger partial charge in [0.1, 0.15) is 0 Å². The van der Waals surface area contributed by atoms with E-state index in [1.165, 1.54) is 51.4 Å². The highest BCUT2D eigenvalue weighted by Crippen LogP contribution is 2.24. The minimum Gasteiger partial charge on any atom is -0.0885 e. The maximum absolute atomic E-state index is 2.44. The van der Waals surface area contributed by atoms with Gasteiger partial charge in [-0.25, -0.2) is 0 Å². The van der Waals surface area contributed by atoms with Gasteiger partial charge in [0.2, 0.25) is 0 Å². The zero-order valence-electron chi connectivity index (χ0n) is 9.97. The standard InChI is InChI=1S/C14H26/c1-13-11-9-7-5-3-4-6-8-10-12-14(13)2/h3,5,13-14H,4,6-12H2,1-2H3. The summed E-state index contributed by atoms with van der Waals surface area (Å²) in [5.74, 6) is 1.88. The van der Waals surface area contributed by atoms with E-state index in [1.54, 1.807) is 0 Å². The van der Waals surface area contributed by atoms with Gasteiger partial charge in [-0.3, -0.25) is 0 Å². The van der Waals surface area contributed by atoms with Crippen LogP contribution < -0.4 is 0 Å². The van der Waals surface area contributed by atoms with Gasteiger partial charge < -0.3 is 0 Å². The highest BCUT2D eigenvalue weighted by atomic mass is 14.2. The Hall–Kier alpha value is -0.260. The summed E-state index contributed by atoms with van der Waals surface area (Å²) in [6, 6.07) is 0. The van der Waals surface area contributed by atoms with Crippen LogP contribution in [-0.4, -0.2) is 0 Å². The van der Waals surface area contributed by atoms with Crippen molar-refractivity contribution in [2.75, 3.05) is 0 Å². The molecule has 0 aromatic rings. The Morgan fingerprint density at radius 3 is 2.00 bits per heavy atom. The van der Waals surface area contributed by atoms with Crippen LogP contribution in [0.3, 0.4) is 0 Å². The van der Waals surface area contributed by atoms with Crippen LogP contribution in [0.5, 0.6) is 0 Å². The van der Waals surface area contributed by atoms with E-state index in [1.807, 2.05) is 0 Å². The van der Waals surface area contributed by atoms with Crippen LogP contribution in [0.4, 0.5) is 0 Å². The second kappa shape index (κ2) is 7.09. The van der Waals surface area contributed by atoms with Gasteiger partial charge in [0.25, 0.3) is 0 Å². The molecule has 0 spiro atoms. The lowest BCUT2D eigenvalue weighted by molar-refractivity contribution is 0.327. The smallest absolute Gasteiger partial charge is 0.0351 e. The molecule has 0 fully saturated rings. The Morgan fingerprint density at radius 2 is 1.29 bits per heavy atom. The highest BCUT2D eigenvalue weighted by molar-refractivity contribution is 4.82. The molecule has 2 unspecified atom stereocenters. The summed E-state index contributed by atoms with van der Waals surface area (Å²) in [7, 11) is 0. The van der Waals surface area contributed by atoms with Crippen molar-refractivity contribution in [2.24, 2.45) is 11.8 Å². The number of hydrogen-bond donors (Lipinski definition) is 0. The molecule has 2 atom stereocenters. The normalized spacial score (nSPS) is 31.9. The molecule has 1 aliphatic rings. The first-order chi connectivity index (χ1) is 6.80. The minimum absolute atomic E-state index is 0.933. The van der Waals surface area contributed by atoms with Gasteiger partial charge in [-0.05, 0) is 37.5 Å². The largest absolute Gasteiger partial charge is 0.0885 e. The molecule has 1 rings (SSSR count). The van der Waals surface area contributed by atoms with E-state index in [2.05, 4.69) is 26.0 Å². The molecule has 1 aliphatic carbocycles. The van der Waals surface area contributed by atoms with Crippen molar-refractivity contribution in [2.45, 2.75) is 65.2 Å². The van der Waals surface area contributed by atoms with Crippen molar-refractivity contribution in [1.29, 1.82) is 0 Å². The van der Waals surface area contributed by atoms with Crippen molar-refractivity contribution < 1.29 is 0 Å². The summed E-state index contributed by atoms with van der Waals surface area (Å²) in [5.41, 5.74) is 0. The average molecular weight is 194 g/mol. The van der Waals surface area contributed by atoms with Gasteiger partial charge in [0, 0.05) is 0 Å². The lowest BCUT2D eigenvalue weighted by Crippen LogP contribution is -2.08. The molecule has 0 saturated carbocycles. The van der Waals surface area contributed by atoms with E-state index in [0.717, 1.165) is 11.8 Å². The molecule has 0 bridgehead atoms. The Morgan fingerprint density at radius 1 is 0.714 bits per heavy atom. The van der Waals surface area contributed by atoms with Crippen LogP contribution >= 0.6 is 0 Å². The van der Waals surface area contributed by atoms with Gasteiger partial charge >= 0.3 is 0 Å². The maximum atomic E-state index is 2.44. The van der Waals surface area contributed by atoms with E-state index in [9.17, 15) is 0 Å². The van der Waals surface area contributed by atoms with Crippen LogP contribution in [0, 0.1) is 11.8 Å². The summed E-state index contributed by atoms with van der Waals surface area (Å²) in [5, 5.41) is 0. The number of hydrogen-bond acceptors (Lipinski definition) is 0. The van der Waals surface area contributed by atoms with Crippen molar-refractivity contribution in [3.8, 4) is 0 Å². The predicted molar refractivity (Wildman–Crippen MR) is 64.4 cm³/mol. The second-order valence-electron chi connectivity index (χ2n) is 4.99. The molecule has 0 aromatic heterocycles. The molecule has 0 radical (unpaired) electrons. The maximum Gasteiger partial charge on any atom is -0.0351 e. The molecule has 0 heterocycles. The molecule has 0 aromatic carbocycles. The van der Waals surface area contributed by atoms with E-state index in [0.29, 0.717) is 0 Å². The fraction of sp³-hybridized carbons (Fsp3) is 0.857. The van der Waals surface area contributed by atoms with Gasteiger partial charge in [-0.15, -0.1) is 0 Å². The number of allylic oxidation sites excluding steroid dienone is 2. The zero-order chi connectivity index (χ0) is 10.2. The molecule has 0 saturated heterocycles. The molecule has 0 amide bonds. The third-order valence-electron chi connectivity index (χ3n) is 3.70. The SMILES string of the molecule is CC1CCCC=CCCCCCC1C. The molecule has 14 heavy (non-hydrogen) atoms. The molecule has 0 nitrogen and oxygen atoms in total. The number of rotatable bonds is 0. The fourth-order valence-electron chi connectivity index (χ4n) is 2.27. The van der Waals surface area contributed by atoms with Crippen LogP contribution in [0.2, 0.25) is 0 Å². The first kappa shape index (κ1) is 11.8. The third kappa shape index (κ3) is 4.83. The van der Waals surface area contributed by atoms with E-state index < -0.39 is 0 Å². The lowest BCUT2D eigenvalue weighted by atomic mass is 9.86. The molecule has 0 aliphatic heterocycles. The van der Waals surface area contributed by atoms with Crippen molar-refractivity contribution in [3.63, 3.8) is 0 Å². The Balaban J connectivity index is 2.32. The lowest BCUT2D eigenvalue weighted by Gasteiger charge is -2.19. The first-order valence-corrected chi connectivity index (χ1v) is 6.45. The van der Waals surface area contributed by atoms with Crippen LogP contribution in [0.15, 0.2) is 12.2 Å². The summed E-state index contributed by atoms with van der Waals surface area (Å²) >= 11 is 0. The van der Waals surface area contributed by atoms with Gasteiger partial charge in [-0.1, -0.05) is 51.7 Å². The second-order valence-corrected chi connectivity index (χ2v) is 4.99. The topological polar surface area (TPSA) is 0 Å². The Bertz CT molecular complexity index is 157. The summed E-state index contributed by atoms with van der Waals surface area (Å²) in [6.45, 7) is 4.87. The summed E-state index contributed by atoms with van der Waals surface area (Å²) in [6.07, 6.45) is 15.9. The van der Waals surface area contributed by atoms with Gasteiger partial charge in [0.15, 0.2) is 0 Å². The highest BCUT2D eigenvalue weighted by Gasteiger charge is 2.11. The van der Waals surface area contributed by atoms with Crippen LogP contribution in [0.1, 0.15) is 65.2 Å². The summed E-state index contributed by atoms with van der Waals surface area (Å²) < 4.78 is 0. The monoisotopic (exact) mass is 194 g/mol. The van der Waals surface area contributed by atoms with Crippen molar-refractivity contribution in [1.82, 2.24) is 0 Å². The predicted octanol–water partition coefficient (Wildman–Crippen LogP) is 4.95. The molecular formula is C14H26. The molecule has 82 valence electrons. The third-order valence-corrected chi connectivity index (χ3v) is 3.70. The molecule has 0 heteroatoms. The molecule has 0 N–H and O–H groups in total. The van der Waals surface area contributed by atoms with Gasteiger partial charge in [0.05, 0.1) is 0 Å². The quantitative estimate of drug-likeness (QED) is 0.479. The fourth-order valence-corrected chi connectivity index (χ4v) is 2.27. The van der Waals surface area contributed by atoms with Crippen LogP contribution in [0.25, 0.3) is 0 Å². The van der Waals surface area contributed by atoms with Gasteiger partial charge in [-0.2, -0.15) is 0 Å². The van der Waals surface area contributed by atoms with E-state index in [-0.39, 0.29) is 0 Å². The summed E-state index contributed by atoms with van der Waals surface area (Å²) in [4.78, 5) is 0. The zero-order valence-corrected chi connectivity index (χ0v) is 9.97. The Labute approximate surface area is 89.8 Å².